The Morgan fingerprint density at radius 1 is 0.950 bits per heavy atom. The molecule has 0 fully saturated rings. The molecule has 0 aliphatic rings. The minimum Gasteiger partial charge on any atom is -0.497 e. The van der Waals surface area contributed by atoms with Crippen molar-refractivity contribution in [2.75, 3.05) is 14.2 Å². The van der Waals surface area contributed by atoms with Crippen molar-refractivity contribution in [3.8, 4) is 22.6 Å². The van der Waals surface area contributed by atoms with E-state index in [0.717, 1.165) is 12.1 Å². The molecule has 0 saturated carbocycles. The van der Waals surface area contributed by atoms with Crippen molar-refractivity contribution in [1.29, 1.82) is 0 Å². The number of ether oxygens (including phenoxy) is 2. The molecule has 0 aliphatic heterocycles. The number of rotatable bonds is 10. The number of nitrogens with zero attached hydrogens (tertiary/aromatic N) is 1. The topological polar surface area (TPSA) is 104 Å². The molecule has 1 aromatic heterocycles. The molecule has 10 heteroatoms. The molecular weight excluding hydrogens is 523 g/mol. The van der Waals surface area contributed by atoms with Gasteiger partial charge in [-0.1, -0.05) is 18.2 Å². The lowest BCUT2D eigenvalue weighted by molar-refractivity contribution is -0.121. The predicted octanol–water partition coefficient (Wildman–Crippen LogP) is 4.92. The van der Waals surface area contributed by atoms with E-state index in [4.69, 9.17) is 15.2 Å². The fraction of sp³-hybridized carbons (Fsp3) is 0.167. The van der Waals surface area contributed by atoms with Gasteiger partial charge >= 0.3 is 0 Å². The number of hydrogen-bond acceptors (Lipinski definition) is 5. The highest BCUT2D eigenvalue weighted by molar-refractivity contribution is 5.94. The molecule has 0 unspecified atom stereocenters. The van der Waals surface area contributed by atoms with E-state index < -0.39 is 35.3 Å². The van der Waals surface area contributed by atoms with Crippen LogP contribution in [0.3, 0.4) is 0 Å². The van der Waals surface area contributed by atoms with Crippen LogP contribution >= 0.6 is 0 Å². The Morgan fingerprint density at radius 3 is 2.38 bits per heavy atom. The first-order valence-corrected chi connectivity index (χ1v) is 12.2. The molecular formula is C30H26F3N3O4. The minimum atomic E-state index is -0.946. The average Bonchev–Trinajstić information content (AvgIpc) is 2.92. The van der Waals surface area contributed by atoms with Crippen molar-refractivity contribution in [3.63, 3.8) is 0 Å². The van der Waals surface area contributed by atoms with Crippen molar-refractivity contribution >= 4 is 11.8 Å². The molecule has 1 heterocycles. The van der Waals surface area contributed by atoms with Crippen LogP contribution in [0.1, 0.15) is 33.2 Å². The third kappa shape index (κ3) is 6.58. The number of aromatic nitrogens is 1. The lowest BCUT2D eigenvalue weighted by atomic mass is 9.94. The Morgan fingerprint density at radius 2 is 1.70 bits per heavy atom. The van der Waals surface area contributed by atoms with Crippen LogP contribution in [-0.4, -0.2) is 31.0 Å². The number of halogens is 3. The van der Waals surface area contributed by atoms with Gasteiger partial charge in [-0.3, -0.25) is 14.6 Å². The van der Waals surface area contributed by atoms with E-state index >= 15 is 0 Å². The van der Waals surface area contributed by atoms with Crippen molar-refractivity contribution < 1.29 is 32.2 Å². The molecule has 4 aromatic rings. The number of primary amides is 1. The van der Waals surface area contributed by atoms with Crippen molar-refractivity contribution in [2.24, 2.45) is 5.73 Å². The molecule has 7 nitrogen and oxygen atoms in total. The van der Waals surface area contributed by atoms with Gasteiger partial charge in [0.05, 0.1) is 37.9 Å². The van der Waals surface area contributed by atoms with E-state index in [1.54, 1.807) is 30.3 Å². The second kappa shape index (κ2) is 12.3. The molecule has 0 spiro atoms. The lowest BCUT2D eigenvalue weighted by Crippen LogP contribution is -2.32. The number of nitrogens with one attached hydrogen (secondary N) is 1. The standard InChI is InChI=1S/C30H26F3N3O4/c1-39-22-7-5-19(27(16-22)40-2)14-28(37)36-26(12-17-10-20(31)15-21(32)11-17)29-23(4-3-9-35-29)18-6-8-25(33)24(13-18)30(34)38/h3-11,13,15-16,26H,12,14H2,1-2H3,(H2,34,38)(H,36,37)/t26-/m0/s1. The fourth-order valence-corrected chi connectivity index (χ4v) is 4.42. The van der Waals surface area contributed by atoms with Gasteiger partial charge in [0.1, 0.15) is 29.0 Å². The highest BCUT2D eigenvalue weighted by Gasteiger charge is 2.23. The van der Waals surface area contributed by atoms with E-state index in [-0.39, 0.29) is 24.0 Å². The molecule has 2 amide bonds. The summed E-state index contributed by atoms with van der Waals surface area (Å²) in [5, 5.41) is 2.91. The molecule has 0 saturated heterocycles. The summed E-state index contributed by atoms with van der Waals surface area (Å²) in [6, 6.07) is 14.4. The maximum Gasteiger partial charge on any atom is 0.251 e. The van der Waals surface area contributed by atoms with Crippen LogP contribution in [0.2, 0.25) is 0 Å². The second-order valence-electron chi connectivity index (χ2n) is 8.95. The Labute approximate surface area is 228 Å². The number of hydrogen-bond donors (Lipinski definition) is 2. The zero-order chi connectivity index (χ0) is 28.8. The second-order valence-corrected chi connectivity index (χ2v) is 8.95. The molecule has 40 heavy (non-hydrogen) atoms. The van der Waals surface area contributed by atoms with Crippen LogP contribution < -0.4 is 20.5 Å². The zero-order valence-corrected chi connectivity index (χ0v) is 21.7. The van der Waals surface area contributed by atoms with Gasteiger partial charge in [-0.25, -0.2) is 13.2 Å². The first-order valence-electron chi connectivity index (χ1n) is 12.2. The quantitative estimate of drug-likeness (QED) is 0.292. The highest BCUT2D eigenvalue weighted by Crippen LogP contribution is 2.31. The number of carbonyl (C=O) groups excluding carboxylic acids is 2. The number of benzene rings is 3. The Bertz CT molecular complexity index is 1540. The largest absolute Gasteiger partial charge is 0.497 e. The van der Waals surface area contributed by atoms with Gasteiger partial charge in [0.2, 0.25) is 5.91 Å². The summed E-state index contributed by atoms with van der Waals surface area (Å²) in [6.07, 6.45) is 1.40. The molecule has 4 rings (SSSR count). The van der Waals surface area contributed by atoms with E-state index in [0.29, 0.717) is 33.9 Å². The SMILES string of the molecule is COc1ccc(CC(=O)N[C@@H](Cc2cc(F)cc(F)c2)c2ncccc2-c2ccc(F)c(C(N)=O)c2)c(OC)c1. The van der Waals surface area contributed by atoms with Gasteiger partial charge in [-0.2, -0.15) is 0 Å². The van der Waals surface area contributed by atoms with Crippen LogP contribution in [-0.2, 0) is 17.6 Å². The highest BCUT2D eigenvalue weighted by atomic mass is 19.1. The van der Waals surface area contributed by atoms with Gasteiger partial charge in [-0.15, -0.1) is 0 Å². The lowest BCUT2D eigenvalue weighted by Gasteiger charge is -2.22. The van der Waals surface area contributed by atoms with Gasteiger partial charge in [-0.05, 0) is 53.9 Å². The molecule has 206 valence electrons. The van der Waals surface area contributed by atoms with E-state index in [1.165, 1.54) is 44.7 Å². The fourth-order valence-electron chi connectivity index (χ4n) is 4.42. The normalized spacial score (nSPS) is 11.5. The number of nitrogens with two attached hydrogens (primary N) is 1. The first-order chi connectivity index (χ1) is 19.2. The molecule has 3 N–H and O–H groups in total. The monoisotopic (exact) mass is 549 g/mol. The molecule has 1 atom stereocenters. The van der Waals surface area contributed by atoms with Crippen LogP contribution in [0, 0.1) is 17.5 Å². The summed E-state index contributed by atoms with van der Waals surface area (Å²) in [4.78, 5) is 29.5. The maximum absolute atomic E-state index is 14.2. The van der Waals surface area contributed by atoms with Crippen molar-refractivity contribution in [1.82, 2.24) is 10.3 Å². The van der Waals surface area contributed by atoms with Crippen molar-refractivity contribution in [2.45, 2.75) is 18.9 Å². The Hall–Kier alpha value is -4.86. The predicted molar refractivity (Wildman–Crippen MR) is 142 cm³/mol. The molecule has 0 bridgehead atoms. The van der Waals surface area contributed by atoms with E-state index in [9.17, 15) is 22.8 Å². The van der Waals surface area contributed by atoms with E-state index in [1.807, 2.05) is 0 Å². The van der Waals surface area contributed by atoms with Gasteiger partial charge in [0.15, 0.2) is 0 Å². The summed E-state index contributed by atoms with van der Waals surface area (Å²) in [5.41, 5.74) is 7.10. The summed E-state index contributed by atoms with van der Waals surface area (Å²) in [5.74, 6) is -2.68. The smallest absolute Gasteiger partial charge is 0.251 e. The number of amides is 2. The van der Waals surface area contributed by atoms with E-state index in [2.05, 4.69) is 10.3 Å². The summed E-state index contributed by atoms with van der Waals surface area (Å²) in [6.45, 7) is 0. The third-order valence-corrected chi connectivity index (χ3v) is 6.25. The molecule has 0 radical (unpaired) electrons. The zero-order valence-electron chi connectivity index (χ0n) is 21.7. The van der Waals surface area contributed by atoms with Gasteiger partial charge in [0, 0.05) is 29.5 Å². The molecule has 0 aliphatic carbocycles. The number of carbonyl (C=O) groups is 2. The first kappa shape index (κ1) is 28.2. The van der Waals surface area contributed by atoms with Gasteiger partial charge in [0.25, 0.3) is 5.91 Å². The van der Waals surface area contributed by atoms with Crippen LogP contribution in [0.15, 0.2) is 72.9 Å². The maximum atomic E-state index is 14.2. The van der Waals surface area contributed by atoms with Crippen molar-refractivity contribution in [3.05, 3.63) is 113 Å². The summed E-state index contributed by atoms with van der Waals surface area (Å²) >= 11 is 0. The number of methoxy groups -OCH3 is 2. The minimum absolute atomic E-state index is 0.0198. The summed E-state index contributed by atoms with van der Waals surface area (Å²) < 4.78 is 52.8. The van der Waals surface area contributed by atoms with Gasteiger partial charge < -0.3 is 20.5 Å². The van der Waals surface area contributed by atoms with Crippen LogP contribution in [0.4, 0.5) is 13.2 Å². The summed E-state index contributed by atoms with van der Waals surface area (Å²) in [7, 11) is 2.99. The Balaban J connectivity index is 1.73. The van der Waals surface area contributed by atoms with Crippen LogP contribution in [0.25, 0.3) is 11.1 Å². The van der Waals surface area contributed by atoms with Crippen LogP contribution in [0.5, 0.6) is 11.5 Å². The number of pyridine rings is 1. The molecule has 3 aromatic carbocycles. The average molecular weight is 550 g/mol. The third-order valence-electron chi connectivity index (χ3n) is 6.25. The Kier molecular flexibility index (Phi) is 8.68.